The Morgan fingerprint density at radius 3 is 2.24 bits per heavy atom. The largest absolute Gasteiger partial charge is 0.465 e. The maximum Gasteiger partial charge on any atom is 0.323 e. The fraction of sp³-hybridized carbons (Fsp3) is 0.310. The highest BCUT2D eigenvalue weighted by Gasteiger charge is 2.31. The first-order valence-electron chi connectivity index (χ1n) is 11.8. The van der Waals surface area contributed by atoms with Gasteiger partial charge in [0.1, 0.15) is 0 Å². The van der Waals surface area contributed by atoms with Crippen molar-refractivity contribution in [3.63, 3.8) is 0 Å². The minimum Gasteiger partial charge on any atom is -0.465 e. The molecule has 0 N–H and O–H groups in total. The highest BCUT2D eigenvalue weighted by molar-refractivity contribution is 5.77. The quantitative estimate of drug-likeness (QED) is 0.437. The normalized spacial score (nSPS) is 15.2. The average Bonchev–Trinajstić information content (AvgIpc) is 2.90. The molecule has 3 aromatic carbocycles. The molecule has 4 rings (SSSR count). The number of ether oxygens (including phenoxy) is 2. The summed E-state index contributed by atoms with van der Waals surface area (Å²) in [6.45, 7) is 5.27. The van der Waals surface area contributed by atoms with Crippen LogP contribution in [0, 0.1) is 17.2 Å². The maximum atomic E-state index is 12.7. The highest BCUT2D eigenvalue weighted by atomic mass is 16.5. The molecule has 2 atom stereocenters. The lowest BCUT2D eigenvalue weighted by molar-refractivity contribution is -0.146. The molecule has 1 heterocycles. The second-order valence-corrected chi connectivity index (χ2v) is 8.42. The Kier molecular flexibility index (Phi) is 7.95. The van der Waals surface area contributed by atoms with E-state index in [1.807, 2.05) is 30.3 Å². The smallest absolute Gasteiger partial charge is 0.323 e. The molecule has 0 radical (unpaired) electrons. The molecule has 34 heavy (non-hydrogen) atoms. The van der Waals surface area contributed by atoms with Gasteiger partial charge in [0.25, 0.3) is 0 Å². The zero-order chi connectivity index (χ0) is 23.8. The molecule has 0 saturated carbocycles. The van der Waals surface area contributed by atoms with E-state index in [9.17, 15) is 10.1 Å². The maximum absolute atomic E-state index is 12.7. The predicted molar refractivity (Wildman–Crippen MR) is 134 cm³/mol. The molecule has 2 unspecified atom stereocenters. The van der Waals surface area contributed by atoms with Crippen LogP contribution in [0.15, 0.2) is 78.9 Å². The van der Waals surface area contributed by atoms with E-state index in [1.165, 1.54) is 0 Å². The van der Waals surface area contributed by atoms with Crippen LogP contribution >= 0.6 is 0 Å². The topological polar surface area (TPSA) is 62.6 Å². The van der Waals surface area contributed by atoms with Crippen molar-refractivity contribution in [1.82, 2.24) is 0 Å². The van der Waals surface area contributed by atoms with E-state index >= 15 is 0 Å². The average molecular weight is 455 g/mol. The van der Waals surface area contributed by atoms with Gasteiger partial charge in [0, 0.05) is 24.7 Å². The molecule has 1 fully saturated rings. The van der Waals surface area contributed by atoms with Crippen LogP contribution in [0.25, 0.3) is 11.1 Å². The monoisotopic (exact) mass is 454 g/mol. The van der Waals surface area contributed by atoms with E-state index in [-0.39, 0.29) is 12.5 Å². The Labute approximate surface area is 201 Å². The Morgan fingerprint density at radius 2 is 1.62 bits per heavy atom. The molecule has 5 nitrogen and oxygen atoms in total. The summed E-state index contributed by atoms with van der Waals surface area (Å²) in [5.74, 6) is -1.64. The SMILES string of the molecule is CCOC(=O)C(C#N)C(Cc1ccc(N2CCOCC2)cc1)c1ccc(-c2ccccc2)cc1. The number of rotatable bonds is 8. The molecule has 0 spiro atoms. The molecule has 0 bridgehead atoms. The number of esters is 1. The van der Waals surface area contributed by atoms with Gasteiger partial charge in [-0.05, 0) is 47.7 Å². The van der Waals surface area contributed by atoms with Crippen LogP contribution in [0.4, 0.5) is 5.69 Å². The molecule has 3 aromatic rings. The first-order chi connectivity index (χ1) is 16.7. The van der Waals surface area contributed by atoms with Crippen molar-refractivity contribution in [2.24, 2.45) is 5.92 Å². The van der Waals surface area contributed by atoms with Crippen LogP contribution in [0.5, 0.6) is 0 Å². The van der Waals surface area contributed by atoms with Gasteiger partial charge < -0.3 is 14.4 Å². The fourth-order valence-corrected chi connectivity index (χ4v) is 4.44. The van der Waals surface area contributed by atoms with E-state index in [4.69, 9.17) is 9.47 Å². The summed E-state index contributed by atoms with van der Waals surface area (Å²) >= 11 is 0. The van der Waals surface area contributed by atoms with E-state index in [2.05, 4.69) is 59.5 Å². The number of hydrogen-bond donors (Lipinski definition) is 0. The lowest BCUT2D eigenvalue weighted by Gasteiger charge is -2.29. The Balaban J connectivity index is 1.59. The summed E-state index contributed by atoms with van der Waals surface area (Å²) in [6, 6.07) is 29.0. The predicted octanol–water partition coefficient (Wildman–Crippen LogP) is 5.22. The minimum atomic E-state index is -0.874. The van der Waals surface area contributed by atoms with Crippen LogP contribution in [0.1, 0.15) is 24.0 Å². The Hall–Kier alpha value is -3.62. The van der Waals surface area contributed by atoms with Gasteiger partial charge in [0.2, 0.25) is 0 Å². The summed E-state index contributed by atoms with van der Waals surface area (Å²) < 4.78 is 10.7. The zero-order valence-electron chi connectivity index (χ0n) is 19.5. The number of nitriles is 1. The van der Waals surface area contributed by atoms with Gasteiger partial charge in [-0.1, -0.05) is 66.7 Å². The highest BCUT2D eigenvalue weighted by Crippen LogP contribution is 2.32. The number of morpholine rings is 1. The summed E-state index contributed by atoms with van der Waals surface area (Å²) in [7, 11) is 0. The standard InChI is InChI=1S/C29H30N2O3/c1-2-34-29(32)28(21-30)27(25-12-10-24(11-13-25)23-6-4-3-5-7-23)20-22-8-14-26(15-9-22)31-16-18-33-19-17-31/h3-15,27-28H,2,16-20H2,1H3. The second kappa shape index (κ2) is 11.5. The van der Waals surface area contributed by atoms with E-state index in [0.29, 0.717) is 6.42 Å². The summed E-state index contributed by atoms with van der Waals surface area (Å²) in [5, 5.41) is 9.91. The van der Waals surface area contributed by atoms with E-state index in [1.54, 1.807) is 6.92 Å². The van der Waals surface area contributed by atoms with Crippen LogP contribution < -0.4 is 4.90 Å². The van der Waals surface area contributed by atoms with Gasteiger partial charge >= 0.3 is 5.97 Å². The zero-order valence-corrected chi connectivity index (χ0v) is 19.5. The summed E-state index contributed by atoms with van der Waals surface area (Å²) in [6.07, 6.45) is 0.575. The van der Waals surface area contributed by atoms with E-state index < -0.39 is 11.9 Å². The van der Waals surface area contributed by atoms with Crippen LogP contribution in [0.2, 0.25) is 0 Å². The fourth-order valence-electron chi connectivity index (χ4n) is 4.44. The lowest BCUT2D eigenvalue weighted by Crippen LogP contribution is -2.36. The molecule has 5 heteroatoms. The van der Waals surface area contributed by atoms with Crippen molar-refractivity contribution in [2.75, 3.05) is 37.8 Å². The van der Waals surface area contributed by atoms with Crippen molar-refractivity contribution in [1.29, 1.82) is 5.26 Å². The number of carbonyl (C=O) groups excluding carboxylic acids is 1. The lowest BCUT2D eigenvalue weighted by atomic mass is 9.81. The van der Waals surface area contributed by atoms with Crippen molar-refractivity contribution in [3.05, 3.63) is 90.0 Å². The summed E-state index contributed by atoms with van der Waals surface area (Å²) in [4.78, 5) is 15.0. The van der Waals surface area contributed by atoms with E-state index in [0.717, 1.165) is 54.2 Å². The molecule has 0 amide bonds. The second-order valence-electron chi connectivity index (χ2n) is 8.42. The van der Waals surface area contributed by atoms with Gasteiger partial charge in [-0.15, -0.1) is 0 Å². The first-order valence-corrected chi connectivity index (χ1v) is 11.8. The molecule has 0 aliphatic carbocycles. The van der Waals surface area contributed by atoms with Crippen LogP contribution in [0.3, 0.4) is 0 Å². The minimum absolute atomic E-state index is 0.255. The van der Waals surface area contributed by atoms with Crippen molar-refractivity contribution in [2.45, 2.75) is 19.3 Å². The molecule has 174 valence electrons. The first kappa shape index (κ1) is 23.5. The van der Waals surface area contributed by atoms with Crippen molar-refractivity contribution in [3.8, 4) is 17.2 Å². The van der Waals surface area contributed by atoms with Crippen LogP contribution in [-0.2, 0) is 20.7 Å². The van der Waals surface area contributed by atoms with Gasteiger partial charge in [-0.2, -0.15) is 5.26 Å². The summed E-state index contributed by atoms with van der Waals surface area (Å²) in [5.41, 5.74) is 5.43. The van der Waals surface area contributed by atoms with Gasteiger partial charge in [0.05, 0.1) is 25.9 Å². The third-order valence-electron chi connectivity index (χ3n) is 6.30. The molecule has 1 saturated heterocycles. The molecular formula is C29H30N2O3. The van der Waals surface area contributed by atoms with Gasteiger partial charge in [0.15, 0.2) is 5.92 Å². The number of benzene rings is 3. The molecule has 1 aliphatic rings. The Bertz CT molecular complexity index is 1100. The number of anilines is 1. The number of carbonyl (C=O) groups is 1. The number of nitrogens with zero attached hydrogens (tertiary/aromatic N) is 2. The molecule has 0 aromatic heterocycles. The Morgan fingerprint density at radius 1 is 0.971 bits per heavy atom. The number of hydrogen-bond acceptors (Lipinski definition) is 5. The third kappa shape index (κ3) is 5.65. The van der Waals surface area contributed by atoms with Gasteiger partial charge in [-0.25, -0.2) is 0 Å². The van der Waals surface area contributed by atoms with Gasteiger partial charge in [-0.3, -0.25) is 4.79 Å². The van der Waals surface area contributed by atoms with Crippen molar-refractivity contribution >= 4 is 11.7 Å². The third-order valence-corrected chi connectivity index (χ3v) is 6.30. The van der Waals surface area contributed by atoms with Crippen molar-refractivity contribution < 1.29 is 14.3 Å². The molecule has 1 aliphatic heterocycles. The molecular weight excluding hydrogens is 424 g/mol. The van der Waals surface area contributed by atoms with Crippen LogP contribution in [-0.4, -0.2) is 38.9 Å².